The fourth-order valence-electron chi connectivity index (χ4n) is 5.55. The number of aromatic nitrogens is 3. The maximum absolute atomic E-state index is 4.57. The lowest BCUT2D eigenvalue weighted by atomic mass is 9.77. The average Bonchev–Trinajstić information content (AvgIpc) is 3.32. The third-order valence-corrected chi connectivity index (χ3v) is 7.10. The standard InChI is InChI=1S/C20H30N6/c1-21-18-17-5-9-26(19(17)24-14-23-18)16-4-3-15(11-16)12-25-10-7-20(25)6-2-8-22-13-20/h5,9,14-16,22H,2-4,6-8,10-13H2,1H3,(H,21,23,24). The summed E-state index contributed by atoms with van der Waals surface area (Å²) < 4.78 is 2.39. The molecule has 2 N–H and O–H groups in total. The van der Waals surface area contributed by atoms with Gasteiger partial charge in [0, 0.05) is 44.5 Å². The molecule has 6 nitrogen and oxygen atoms in total. The van der Waals surface area contributed by atoms with Crippen molar-refractivity contribution in [2.45, 2.75) is 50.1 Å². The Bertz CT molecular complexity index is 778. The van der Waals surface area contributed by atoms with E-state index in [4.69, 9.17) is 0 Å². The molecule has 2 aromatic heterocycles. The Morgan fingerprint density at radius 1 is 1.31 bits per heavy atom. The van der Waals surface area contributed by atoms with Crippen LogP contribution in [0.3, 0.4) is 0 Å². The van der Waals surface area contributed by atoms with E-state index in [0.717, 1.165) is 22.8 Å². The number of hydrogen-bond acceptors (Lipinski definition) is 5. The number of hydrogen-bond donors (Lipinski definition) is 2. The van der Waals surface area contributed by atoms with E-state index in [1.165, 1.54) is 64.7 Å². The molecule has 0 amide bonds. The number of fused-ring (bicyclic) bond motifs is 1. The average molecular weight is 355 g/mol. The van der Waals surface area contributed by atoms with Crippen LogP contribution < -0.4 is 10.6 Å². The fraction of sp³-hybridized carbons (Fsp3) is 0.700. The van der Waals surface area contributed by atoms with Gasteiger partial charge in [0.05, 0.1) is 5.39 Å². The van der Waals surface area contributed by atoms with Crippen LogP contribution >= 0.6 is 0 Å². The molecule has 3 aliphatic rings. The first-order valence-electron chi connectivity index (χ1n) is 10.2. The predicted molar refractivity (Wildman–Crippen MR) is 104 cm³/mol. The van der Waals surface area contributed by atoms with Crippen LogP contribution in [0.15, 0.2) is 18.6 Å². The lowest BCUT2D eigenvalue weighted by molar-refractivity contribution is -0.0417. The molecule has 0 bridgehead atoms. The summed E-state index contributed by atoms with van der Waals surface area (Å²) in [6.45, 7) is 5.00. The number of likely N-dealkylation sites (tertiary alicyclic amines) is 1. The van der Waals surface area contributed by atoms with Gasteiger partial charge in [0.2, 0.25) is 0 Å². The van der Waals surface area contributed by atoms with Crippen molar-refractivity contribution in [3.63, 3.8) is 0 Å². The second kappa shape index (κ2) is 6.50. The Morgan fingerprint density at radius 2 is 2.27 bits per heavy atom. The van der Waals surface area contributed by atoms with E-state index in [0.29, 0.717) is 11.6 Å². The molecule has 0 radical (unpaired) electrons. The van der Waals surface area contributed by atoms with Crippen molar-refractivity contribution in [1.29, 1.82) is 0 Å². The van der Waals surface area contributed by atoms with Gasteiger partial charge in [0.25, 0.3) is 0 Å². The number of piperidine rings is 1. The third kappa shape index (κ3) is 2.62. The van der Waals surface area contributed by atoms with E-state index in [1.807, 2.05) is 7.05 Å². The molecular formula is C20H30N6. The Kier molecular flexibility index (Phi) is 4.13. The van der Waals surface area contributed by atoms with E-state index in [9.17, 15) is 0 Å². The van der Waals surface area contributed by atoms with Crippen molar-refractivity contribution in [3.8, 4) is 0 Å². The first kappa shape index (κ1) is 16.5. The topological polar surface area (TPSA) is 58.0 Å². The molecule has 1 spiro atoms. The van der Waals surface area contributed by atoms with Gasteiger partial charge < -0.3 is 15.2 Å². The van der Waals surface area contributed by atoms with Crippen molar-refractivity contribution in [2.75, 3.05) is 38.5 Å². The molecule has 1 saturated carbocycles. The van der Waals surface area contributed by atoms with E-state index < -0.39 is 0 Å². The normalized spacial score (nSPS) is 32.2. The summed E-state index contributed by atoms with van der Waals surface area (Å²) in [7, 11) is 1.92. The van der Waals surface area contributed by atoms with Gasteiger partial charge >= 0.3 is 0 Å². The summed E-state index contributed by atoms with van der Waals surface area (Å²) in [4.78, 5) is 11.7. The maximum atomic E-state index is 4.57. The van der Waals surface area contributed by atoms with Crippen LogP contribution in [0.2, 0.25) is 0 Å². The summed E-state index contributed by atoms with van der Waals surface area (Å²) in [5.74, 6) is 1.75. The second-order valence-corrected chi connectivity index (χ2v) is 8.47. The zero-order valence-corrected chi connectivity index (χ0v) is 15.7. The highest BCUT2D eigenvalue weighted by molar-refractivity contribution is 5.87. The molecule has 2 aliphatic heterocycles. The van der Waals surface area contributed by atoms with E-state index in [2.05, 4.69) is 42.3 Å². The van der Waals surface area contributed by atoms with E-state index in [-0.39, 0.29) is 0 Å². The van der Waals surface area contributed by atoms with Gasteiger partial charge in [-0.2, -0.15) is 0 Å². The van der Waals surface area contributed by atoms with Crippen LogP contribution in [0.4, 0.5) is 5.82 Å². The van der Waals surface area contributed by atoms with Crippen molar-refractivity contribution >= 4 is 16.9 Å². The Morgan fingerprint density at radius 3 is 3.04 bits per heavy atom. The zero-order valence-electron chi connectivity index (χ0n) is 15.7. The quantitative estimate of drug-likeness (QED) is 0.884. The molecular weight excluding hydrogens is 324 g/mol. The third-order valence-electron chi connectivity index (χ3n) is 7.10. The van der Waals surface area contributed by atoms with Crippen molar-refractivity contribution < 1.29 is 0 Å². The minimum absolute atomic E-state index is 0.491. The molecule has 26 heavy (non-hydrogen) atoms. The smallest absolute Gasteiger partial charge is 0.145 e. The maximum Gasteiger partial charge on any atom is 0.145 e. The van der Waals surface area contributed by atoms with Crippen LogP contribution in [-0.4, -0.2) is 58.2 Å². The molecule has 3 atom stereocenters. The first-order chi connectivity index (χ1) is 12.8. The van der Waals surface area contributed by atoms with Gasteiger partial charge in [-0.3, -0.25) is 4.90 Å². The molecule has 0 aromatic carbocycles. The Balaban J connectivity index is 1.28. The highest BCUT2D eigenvalue weighted by Crippen LogP contribution is 2.42. The first-order valence-corrected chi connectivity index (χ1v) is 10.2. The molecule has 140 valence electrons. The zero-order chi connectivity index (χ0) is 17.6. The van der Waals surface area contributed by atoms with Crippen LogP contribution in [0.1, 0.15) is 44.6 Å². The monoisotopic (exact) mass is 354 g/mol. The minimum Gasteiger partial charge on any atom is -0.372 e. The van der Waals surface area contributed by atoms with Gasteiger partial charge in [0.15, 0.2) is 0 Å². The number of nitrogens with one attached hydrogen (secondary N) is 2. The Hall–Kier alpha value is -1.66. The van der Waals surface area contributed by atoms with Crippen molar-refractivity contribution in [1.82, 2.24) is 24.8 Å². The fourth-order valence-corrected chi connectivity index (χ4v) is 5.55. The van der Waals surface area contributed by atoms with Gasteiger partial charge in [-0.15, -0.1) is 0 Å². The molecule has 3 fully saturated rings. The lowest BCUT2D eigenvalue weighted by Crippen LogP contribution is -2.66. The number of rotatable bonds is 4. The summed E-state index contributed by atoms with van der Waals surface area (Å²) in [6.07, 6.45) is 11.9. The summed E-state index contributed by atoms with van der Waals surface area (Å²) in [5, 5.41) is 7.94. The van der Waals surface area contributed by atoms with Gasteiger partial charge in [0.1, 0.15) is 17.8 Å². The highest BCUT2D eigenvalue weighted by Gasteiger charge is 2.46. The van der Waals surface area contributed by atoms with E-state index in [1.54, 1.807) is 6.33 Å². The summed E-state index contributed by atoms with van der Waals surface area (Å²) in [6, 6.07) is 2.74. The number of nitrogens with zero attached hydrogens (tertiary/aromatic N) is 4. The van der Waals surface area contributed by atoms with E-state index >= 15 is 0 Å². The highest BCUT2D eigenvalue weighted by atomic mass is 15.3. The molecule has 4 heterocycles. The molecule has 5 rings (SSSR count). The molecule has 3 unspecified atom stereocenters. The summed E-state index contributed by atoms with van der Waals surface area (Å²) >= 11 is 0. The van der Waals surface area contributed by atoms with Crippen LogP contribution in [0.5, 0.6) is 0 Å². The van der Waals surface area contributed by atoms with Gasteiger partial charge in [-0.25, -0.2) is 9.97 Å². The van der Waals surface area contributed by atoms with Gasteiger partial charge in [-0.1, -0.05) is 0 Å². The van der Waals surface area contributed by atoms with Crippen molar-refractivity contribution in [2.24, 2.45) is 5.92 Å². The summed E-state index contributed by atoms with van der Waals surface area (Å²) in [5.41, 5.74) is 1.57. The molecule has 2 aromatic rings. The Labute approximate surface area is 155 Å². The minimum atomic E-state index is 0.491. The lowest BCUT2D eigenvalue weighted by Gasteiger charge is -2.56. The van der Waals surface area contributed by atoms with Crippen LogP contribution in [-0.2, 0) is 0 Å². The number of anilines is 1. The van der Waals surface area contributed by atoms with Crippen LogP contribution in [0, 0.1) is 5.92 Å². The largest absolute Gasteiger partial charge is 0.372 e. The molecule has 2 saturated heterocycles. The molecule has 6 heteroatoms. The second-order valence-electron chi connectivity index (χ2n) is 8.47. The predicted octanol–water partition coefficient (Wildman–Crippen LogP) is 2.64. The van der Waals surface area contributed by atoms with Gasteiger partial charge in [-0.05, 0) is 57.1 Å². The van der Waals surface area contributed by atoms with Crippen LogP contribution in [0.25, 0.3) is 11.0 Å². The SMILES string of the molecule is CNc1ncnc2c1ccn2C1CCC(CN2CCC23CCCNC3)C1. The van der Waals surface area contributed by atoms with Crippen molar-refractivity contribution in [3.05, 3.63) is 18.6 Å². The molecule has 1 aliphatic carbocycles.